The van der Waals surface area contributed by atoms with E-state index in [4.69, 9.17) is 16.3 Å². The van der Waals surface area contributed by atoms with E-state index in [1.165, 1.54) is 18.0 Å². The maximum absolute atomic E-state index is 13.2. The van der Waals surface area contributed by atoms with Crippen molar-refractivity contribution in [3.05, 3.63) is 45.8 Å². The number of carbonyl (C=O) groups is 1. The molecule has 8 nitrogen and oxygen atoms in total. The molecule has 1 aromatic carbocycles. The van der Waals surface area contributed by atoms with Gasteiger partial charge in [-0.3, -0.25) is 14.2 Å². The minimum Gasteiger partial charge on any atom is -0.379 e. The molecule has 4 rings (SSSR count). The van der Waals surface area contributed by atoms with Gasteiger partial charge in [-0.25, -0.2) is 9.67 Å². The van der Waals surface area contributed by atoms with Gasteiger partial charge in [-0.15, -0.1) is 0 Å². The van der Waals surface area contributed by atoms with Crippen LogP contribution in [0.1, 0.15) is 32.7 Å². The molecule has 1 amide bonds. The highest BCUT2D eigenvalue weighted by Crippen LogP contribution is 2.33. The monoisotopic (exact) mass is 461 g/mol. The summed E-state index contributed by atoms with van der Waals surface area (Å²) >= 11 is 7.45. The van der Waals surface area contributed by atoms with Crippen molar-refractivity contribution >= 4 is 40.3 Å². The Morgan fingerprint density at radius 3 is 2.87 bits per heavy atom. The normalized spacial score (nSPS) is 15.5. The zero-order chi connectivity index (χ0) is 22.0. The summed E-state index contributed by atoms with van der Waals surface area (Å²) < 4.78 is 8.74. The second kappa shape index (κ2) is 9.42. The van der Waals surface area contributed by atoms with E-state index in [0.717, 1.165) is 12.1 Å². The topological polar surface area (TPSA) is 91.0 Å². The van der Waals surface area contributed by atoms with Crippen LogP contribution in [0.4, 0.5) is 0 Å². The molecule has 0 bridgehead atoms. The first-order valence-electron chi connectivity index (χ1n) is 10.2. The molecule has 164 valence electrons. The number of hydrogen-bond acceptors (Lipinski definition) is 6. The predicted molar refractivity (Wildman–Crippen MR) is 121 cm³/mol. The number of benzene rings is 1. The zero-order valence-corrected chi connectivity index (χ0v) is 18.9. The number of nitrogens with zero attached hydrogens (tertiary/aromatic N) is 4. The van der Waals surface area contributed by atoms with Gasteiger partial charge in [0.25, 0.3) is 5.56 Å². The Kier molecular flexibility index (Phi) is 6.64. The van der Waals surface area contributed by atoms with Gasteiger partial charge in [0, 0.05) is 30.3 Å². The first kappa shape index (κ1) is 21.9. The van der Waals surface area contributed by atoms with Gasteiger partial charge in [0.05, 0.1) is 24.0 Å². The van der Waals surface area contributed by atoms with E-state index >= 15 is 0 Å². The van der Waals surface area contributed by atoms with Gasteiger partial charge in [0.2, 0.25) is 5.91 Å². The first-order valence-corrected chi connectivity index (χ1v) is 11.6. The van der Waals surface area contributed by atoms with E-state index in [2.05, 4.69) is 15.4 Å². The standard InChI is InChI=1S/C21H24ClN5O3S/c1-13(2)30-9-3-8-23-18(28)10-16-12-31-21-25-19-17(20(29)26(16)21)11-24-27(19)15-6-4-14(22)5-7-15/h4-7,11,13,16H,3,8-10,12H2,1-2H3,(H,23,28). The van der Waals surface area contributed by atoms with E-state index < -0.39 is 0 Å². The first-order chi connectivity index (χ1) is 14.9. The Hall–Kier alpha value is -2.36. The third-order valence-corrected chi connectivity index (χ3v) is 6.31. The molecule has 0 saturated carbocycles. The number of fused-ring (bicyclic) bond motifs is 2. The van der Waals surface area contributed by atoms with E-state index in [-0.39, 0.29) is 30.0 Å². The summed E-state index contributed by atoms with van der Waals surface area (Å²) in [4.78, 5) is 30.2. The summed E-state index contributed by atoms with van der Waals surface area (Å²) in [5.74, 6) is 0.555. The lowest BCUT2D eigenvalue weighted by Crippen LogP contribution is -2.31. The number of rotatable bonds is 8. The minimum absolute atomic E-state index is 0.0770. The SMILES string of the molecule is CC(C)OCCCNC(=O)CC1CSc2nc3c(cnn3-c3ccc(Cl)cc3)c(=O)n21. The summed E-state index contributed by atoms with van der Waals surface area (Å²) in [6.45, 7) is 5.13. The third kappa shape index (κ3) is 4.78. The van der Waals surface area contributed by atoms with Crippen molar-refractivity contribution in [1.29, 1.82) is 0 Å². The smallest absolute Gasteiger partial charge is 0.265 e. The van der Waals surface area contributed by atoms with Crippen LogP contribution in [0.25, 0.3) is 16.7 Å². The van der Waals surface area contributed by atoms with Crippen LogP contribution < -0.4 is 10.9 Å². The summed E-state index contributed by atoms with van der Waals surface area (Å²) in [6.07, 6.45) is 2.71. The molecule has 0 radical (unpaired) electrons. The summed E-state index contributed by atoms with van der Waals surface area (Å²) in [5, 5.41) is 8.92. The Bertz CT molecular complexity index is 1140. The quantitative estimate of drug-likeness (QED) is 0.409. The van der Waals surface area contributed by atoms with Gasteiger partial charge in [-0.2, -0.15) is 5.10 Å². The minimum atomic E-state index is -0.227. The fraction of sp³-hybridized carbons (Fsp3) is 0.429. The molecule has 0 fully saturated rings. The largest absolute Gasteiger partial charge is 0.379 e. The molecule has 1 aliphatic rings. The van der Waals surface area contributed by atoms with Crippen LogP contribution >= 0.6 is 23.4 Å². The molecule has 3 aromatic rings. The lowest BCUT2D eigenvalue weighted by atomic mass is 10.2. The van der Waals surface area contributed by atoms with Crippen LogP contribution in [0.3, 0.4) is 0 Å². The lowest BCUT2D eigenvalue weighted by Gasteiger charge is -2.14. The maximum Gasteiger partial charge on any atom is 0.265 e. The number of carbonyl (C=O) groups excluding carboxylic acids is 1. The molecule has 0 aliphatic carbocycles. The molecule has 31 heavy (non-hydrogen) atoms. The molecule has 2 aromatic heterocycles. The number of halogens is 1. The Morgan fingerprint density at radius 2 is 2.13 bits per heavy atom. The maximum atomic E-state index is 13.2. The number of thioether (sulfide) groups is 1. The Morgan fingerprint density at radius 1 is 1.35 bits per heavy atom. The van der Waals surface area contributed by atoms with Crippen molar-refractivity contribution in [2.24, 2.45) is 0 Å². The van der Waals surface area contributed by atoms with E-state index in [9.17, 15) is 9.59 Å². The molecule has 1 atom stereocenters. The molecule has 0 spiro atoms. The Balaban J connectivity index is 1.49. The average Bonchev–Trinajstić information content (AvgIpc) is 3.33. The fourth-order valence-electron chi connectivity index (χ4n) is 3.46. The lowest BCUT2D eigenvalue weighted by molar-refractivity contribution is -0.121. The highest BCUT2D eigenvalue weighted by atomic mass is 35.5. The fourth-order valence-corrected chi connectivity index (χ4v) is 4.71. The average molecular weight is 462 g/mol. The van der Waals surface area contributed by atoms with Crippen molar-refractivity contribution < 1.29 is 9.53 Å². The summed E-state index contributed by atoms with van der Waals surface area (Å²) in [7, 11) is 0. The van der Waals surface area contributed by atoms with E-state index in [1.54, 1.807) is 21.4 Å². The molecular formula is C21H24ClN5O3S. The van der Waals surface area contributed by atoms with Gasteiger partial charge in [0.1, 0.15) is 5.39 Å². The molecule has 1 N–H and O–H groups in total. The van der Waals surface area contributed by atoms with Crippen molar-refractivity contribution in [1.82, 2.24) is 24.6 Å². The molecule has 1 unspecified atom stereocenters. The van der Waals surface area contributed by atoms with Crippen LogP contribution in [0.15, 0.2) is 40.4 Å². The second-order valence-corrected chi connectivity index (χ2v) is 9.06. The predicted octanol–water partition coefficient (Wildman–Crippen LogP) is 3.20. The zero-order valence-electron chi connectivity index (χ0n) is 17.4. The molecule has 3 heterocycles. The summed E-state index contributed by atoms with van der Waals surface area (Å²) in [5.41, 5.74) is 1.10. The second-order valence-electron chi connectivity index (χ2n) is 7.63. The highest BCUT2D eigenvalue weighted by Gasteiger charge is 2.29. The number of hydrogen-bond donors (Lipinski definition) is 1. The van der Waals surface area contributed by atoms with Crippen molar-refractivity contribution in [2.45, 2.75) is 44.0 Å². The van der Waals surface area contributed by atoms with Gasteiger partial charge in [-0.05, 0) is 44.5 Å². The number of nitrogens with one attached hydrogen (secondary N) is 1. The van der Waals surface area contributed by atoms with Crippen molar-refractivity contribution in [3.63, 3.8) is 0 Å². The molecule has 1 aliphatic heterocycles. The number of ether oxygens (including phenoxy) is 1. The van der Waals surface area contributed by atoms with Crippen LogP contribution in [-0.4, -0.2) is 50.2 Å². The van der Waals surface area contributed by atoms with Crippen LogP contribution in [0, 0.1) is 0 Å². The van der Waals surface area contributed by atoms with Crippen LogP contribution in [0.2, 0.25) is 5.02 Å². The van der Waals surface area contributed by atoms with Gasteiger partial charge in [0.15, 0.2) is 10.8 Å². The molecular weight excluding hydrogens is 438 g/mol. The van der Waals surface area contributed by atoms with Gasteiger partial charge >= 0.3 is 0 Å². The van der Waals surface area contributed by atoms with Crippen molar-refractivity contribution in [2.75, 3.05) is 18.9 Å². The third-order valence-electron chi connectivity index (χ3n) is 4.96. The summed E-state index contributed by atoms with van der Waals surface area (Å²) in [6, 6.07) is 6.96. The Labute approximate surface area is 188 Å². The highest BCUT2D eigenvalue weighted by molar-refractivity contribution is 7.99. The van der Waals surface area contributed by atoms with Crippen LogP contribution in [-0.2, 0) is 9.53 Å². The number of amides is 1. The number of aromatic nitrogens is 4. The van der Waals surface area contributed by atoms with E-state index in [1.807, 2.05) is 26.0 Å². The van der Waals surface area contributed by atoms with Crippen LogP contribution in [0.5, 0.6) is 0 Å². The van der Waals surface area contributed by atoms with Crippen molar-refractivity contribution in [3.8, 4) is 5.69 Å². The molecule has 10 heteroatoms. The van der Waals surface area contributed by atoms with E-state index in [0.29, 0.717) is 40.1 Å². The van der Waals surface area contributed by atoms with Gasteiger partial charge in [-0.1, -0.05) is 23.4 Å². The van der Waals surface area contributed by atoms with Gasteiger partial charge < -0.3 is 10.1 Å². The molecule has 0 saturated heterocycles.